The van der Waals surface area contributed by atoms with Crippen molar-refractivity contribution in [3.05, 3.63) is 17.7 Å². The van der Waals surface area contributed by atoms with Gasteiger partial charge in [0.25, 0.3) is 0 Å². The van der Waals surface area contributed by atoms with Crippen LogP contribution in [0.15, 0.2) is 17.1 Å². The van der Waals surface area contributed by atoms with Crippen molar-refractivity contribution in [2.45, 2.75) is 13.5 Å². The molecule has 23 heavy (non-hydrogen) atoms. The summed E-state index contributed by atoms with van der Waals surface area (Å²) < 4.78 is 21.4. The molecule has 0 unspecified atom stereocenters. The van der Waals surface area contributed by atoms with Gasteiger partial charge in [0.15, 0.2) is 5.96 Å². The zero-order chi connectivity index (χ0) is 17.1. The molecule has 0 aliphatic heterocycles. The zero-order valence-corrected chi connectivity index (χ0v) is 14.6. The topological polar surface area (TPSA) is 73.3 Å². The minimum Gasteiger partial charge on any atom is -0.496 e. The van der Waals surface area contributed by atoms with Gasteiger partial charge in [-0.05, 0) is 6.92 Å². The molecule has 130 valence electrons. The van der Waals surface area contributed by atoms with Gasteiger partial charge in [-0.1, -0.05) is 0 Å². The van der Waals surface area contributed by atoms with E-state index in [-0.39, 0.29) is 0 Å². The number of benzene rings is 1. The van der Waals surface area contributed by atoms with E-state index in [1.54, 1.807) is 28.4 Å². The lowest BCUT2D eigenvalue weighted by Crippen LogP contribution is -2.38. The Hall–Kier alpha value is -2.15. The number of methoxy groups -OCH3 is 3. The van der Waals surface area contributed by atoms with Crippen LogP contribution in [0.3, 0.4) is 0 Å². The molecule has 0 fully saturated rings. The molecule has 1 aromatic rings. The van der Waals surface area contributed by atoms with Gasteiger partial charge >= 0.3 is 0 Å². The van der Waals surface area contributed by atoms with Crippen LogP contribution in [-0.2, 0) is 11.3 Å². The van der Waals surface area contributed by atoms with Gasteiger partial charge in [-0.25, -0.2) is 0 Å². The third kappa shape index (κ3) is 5.86. The average molecular weight is 325 g/mol. The molecular formula is C16H27N3O4. The third-order valence-electron chi connectivity index (χ3n) is 3.22. The van der Waals surface area contributed by atoms with E-state index in [2.05, 4.69) is 15.6 Å². The molecule has 0 atom stereocenters. The molecule has 0 spiro atoms. The van der Waals surface area contributed by atoms with E-state index in [0.717, 1.165) is 5.56 Å². The Labute approximate surface area is 138 Å². The molecule has 0 amide bonds. The maximum absolute atomic E-state index is 5.43. The lowest BCUT2D eigenvalue weighted by molar-refractivity contribution is 0.152. The normalized spacial score (nSPS) is 11.1. The maximum atomic E-state index is 5.43. The smallest absolute Gasteiger partial charge is 0.191 e. The first-order valence-electron chi connectivity index (χ1n) is 7.51. The van der Waals surface area contributed by atoms with Crippen molar-refractivity contribution in [1.29, 1.82) is 0 Å². The highest BCUT2D eigenvalue weighted by Gasteiger charge is 2.13. The summed E-state index contributed by atoms with van der Waals surface area (Å²) in [6.45, 7) is 4.49. The molecule has 2 N–H and O–H groups in total. The number of rotatable bonds is 9. The Morgan fingerprint density at radius 1 is 1.04 bits per heavy atom. The number of guanidine groups is 1. The Bertz CT molecular complexity index is 481. The fourth-order valence-electron chi connectivity index (χ4n) is 2.03. The minimum atomic E-state index is 0.505. The number of ether oxygens (including phenoxy) is 4. The second-order valence-electron chi connectivity index (χ2n) is 4.56. The number of hydrogen-bond donors (Lipinski definition) is 2. The maximum Gasteiger partial charge on any atom is 0.191 e. The number of aliphatic imine (C=N–C) groups is 1. The summed E-state index contributed by atoms with van der Waals surface area (Å²) in [7, 11) is 6.56. The predicted molar refractivity (Wildman–Crippen MR) is 90.8 cm³/mol. The van der Waals surface area contributed by atoms with E-state index in [1.807, 2.05) is 19.1 Å². The van der Waals surface area contributed by atoms with Gasteiger partial charge < -0.3 is 29.6 Å². The second kappa shape index (κ2) is 10.6. The van der Waals surface area contributed by atoms with Crippen molar-refractivity contribution in [2.75, 3.05) is 48.1 Å². The van der Waals surface area contributed by atoms with Gasteiger partial charge in [0.05, 0.1) is 40.0 Å². The van der Waals surface area contributed by atoms with Crippen LogP contribution in [0.5, 0.6) is 17.2 Å². The first-order valence-corrected chi connectivity index (χ1v) is 7.51. The Balaban J connectivity index is 2.75. The van der Waals surface area contributed by atoms with Crippen LogP contribution in [-0.4, -0.2) is 54.1 Å². The van der Waals surface area contributed by atoms with E-state index < -0.39 is 0 Å². The third-order valence-corrected chi connectivity index (χ3v) is 3.22. The van der Waals surface area contributed by atoms with Crippen molar-refractivity contribution >= 4 is 5.96 Å². The molecule has 0 aliphatic rings. The standard InChI is InChI=1S/C16H27N3O4/c1-6-23-8-7-18-16(17-2)19-11-13-14(21-4)9-12(20-3)10-15(13)22-5/h9-10H,6-8,11H2,1-5H3,(H2,17,18,19). The second-order valence-corrected chi connectivity index (χ2v) is 4.56. The largest absolute Gasteiger partial charge is 0.496 e. The lowest BCUT2D eigenvalue weighted by Gasteiger charge is -2.17. The van der Waals surface area contributed by atoms with E-state index >= 15 is 0 Å². The summed E-state index contributed by atoms with van der Waals surface area (Å²) in [6, 6.07) is 3.65. The summed E-state index contributed by atoms with van der Waals surface area (Å²) in [5, 5.41) is 6.41. The summed E-state index contributed by atoms with van der Waals surface area (Å²) in [4.78, 5) is 4.18. The van der Waals surface area contributed by atoms with Gasteiger partial charge in [-0.3, -0.25) is 4.99 Å². The van der Waals surface area contributed by atoms with Crippen LogP contribution < -0.4 is 24.8 Å². The molecule has 7 heteroatoms. The molecule has 0 aliphatic carbocycles. The molecule has 0 heterocycles. The van der Waals surface area contributed by atoms with Gasteiger partial charge in [0.1, 0.15) is 17.2 Å². The first kappa shape index (κ1) is 18.9. The van der Waals surface area contributed by atoms with Crippen LogP contribution in [0, 0.1) is 0 Å². The van der Waals surface area contributed by atoms with E-state index in [1.165, 1.54) is 0 Å². The van der Waals surface area contributed by atoms with Gasteiger partial charge in [0, 0.05) is 32.3 Å². The van der Waals surface area contributed by atoms with Crippen LogP contribution in [0.4, 0.5) is 0 Å². The highest BCUT2D eigenvalue weighted by atomic mass is 16.5. The van der Waals surface area contributed by atoms with Gasteiger partial charge in [-0.15, -0.1) is 0 Å². The van der Waals surface area contributed by atoms with Crippen LogP contribution in [0.25, 0.3) is 0 Å². The highest BCUT2D eigenvalue weighted by molar-refractivity contribution is 5.79. The predicted octanol–water partition coefficient (Wildman–Crippen LogP) is 1.41. The molecule has 0 saturated heterocycles. The fourth-order valence-corrected chi connectivity index (χ4v) is 2.03. The Kier molecular flexibility index (Phi) is 8.67. The molecule has 1 rings (SSSR count). The monoisotopic (exact) mass is 325 g/mol. The van der Waals surface area contributed by atoms with Gasteiger partial charge in [-0.2, -0.15) is 0 Å². The van der Waals surface area contributed by atoms with Crippen molar-refractivity contribution in [2.24, 2.45) is 4.99 Å². The fraction of sp³-hybridized carbons (Fsp3) is 0.562. The first-order chi connectivity index (χ1) is 11.2. The van der Waals surface area contributed by atoms with Crippen molar-refractivity contribution in [3.63, 3.8) is 0 Å². The Morgan fingerprint density at radius 3 is 2.17 bits per heavy atom. The minimum absolute atomic E-state index is 0.505. The van der Waals surface area contributed by atoms with E-state index in [4.69, 9.17) is 18.9 Å². The highest BCUT2D eigenvalue weighted by Crippen LogP contribution is 2.33. The molecule has 0 aromatic heterocycles. The molecular weight excluding hydrogens is 298 g/mol. The summed E-state index contributed by atoms with van der Waals surface area (Å²) in [5.41, 5.74) is 0.892. The summed E-state index contributed by atoms with van der Waals surface area (Å²) >= 11 is 0. The summed E-state index contributed by atoms with van der Waals surface area (Å²) in [6.07, 6.45) is 0. The van der Waals surface area contributed by atoms with Crippen LogP contribution >= 0.6 is 0 Å². The van der Waals surface area contributed by atoms with Crippen molar-refractivity contribution in [1.82, 2.24) is 10.6 Å². The number of nitrogens with one attached hydrogen (secondary N) is 2. The quantitative estimate of drug-likeness (QED) is 0.406. The van der Waals surface area contributed by atoms with Crippen LogP contribution in [0.2, 0.25) is 0 Å². The number of hydrogen-bond acceptors (Lipinski definition) is 5. The SMILES string of the molecule is CCOCCNC(=NC)NCc1c(OC)cc(OC)cc1OC. The molecule has 7 nitrogen and oxygen atoms in total. The molecule has 0 saturated carbocycles. The van der Waals surface area contributed by atoms with Gasteiger partial charge in [0.2, 0.25) is 0 Å². The zero-order valence-electron chi connectivity index (χ0n) is 14.6. The van der Waals surface area contributed by atoms with Crippen molar-refractivity contribution < 1.29 is 18.9 Å². The Morgan fingerprint density at radius 2 is 1.70 bits per heavy atom. The molecule has 1 aromatic carbocycles. The lowest BCUT2D eigenvalue weighted by atomic mass is 10.1. The number of nitrogens with zero attached hydrogens (tertiary/aromatic N) is 1. The molecule has 0 bridgehead atoms. The molecule has 0 radical (unpaired) electrons. The van der Waals surface area contributed by atoms with E-state index in [9.17, 15) is 0 Å². The van der Waals surface area contributed by atoms with E-state index in [0.29, 0.717) is 49.5 Å². The summed E-state index contributed by atoms with van der Waals surface area (Å²) in [5.74, 6) is 2.75. The average Bonchev–Trinajstić information content (AvgIpc) is 2.60. The van der Waals surface area contributed by atoms with Crippen LogP contribution in [0.1, 0.15) is 12.5 Å². The van der Waals surface area contributed by atoms with Crippen molar-refractivity contribution in [3.8, 4) is 17.2 Å².